The molecule has 154 valence electrons. The Labute approximate surface area is 174 Å². The summed E-state index contributed by atoms with van der Waals surface area (Å²) < 4.78 is 23.4. The van der Waals surface area contributed by atoms with Crippen LogP contribution in [-0.2, 0) is 19.4 Å². The quantitative estimate of drug-likeness (QED) is 0.799. The number of carbonyl (C=O) groups is 2. The van der Waals surface area contributed by atoms with Gasteiger partial charge in [0.2, 0.25) is 11.8 Å². The minimum Gasteiger partial charge on any atom is -0.338 e. The average molecular weight is 434 g/mol. The van der Waals surface area contributed by atoms with Crippen LogP contribution < -0.4 is 5.32 Å². The zero-order valence-electron chi connectivity index (χ0n) is 16.3. The first-order valence-electron chi connectivity index (χ1n) is 9.56. The predicted octanol–water partition coefficient (Wildman–Crippen LogP) is 2.40. The molecule has 7 nitrogen and oxygen atoms in total. The summed E-state index contributed by atoms with van der Waals surface area (Å²) in [7, 11) is -3.07. The number of rotatable bonds is 4. The van der Waals surface area contributed by atoms with E-state index in [1.165, 1.54) is 22.5 Å². The number of nitrogens with zero attached hydrogens (tertiary/aromatic N) is 2. The van der Waals surface area contributed by atoms with Crippen LogP contribution >= 0.6 is 11.3 Å². The molecule has 9 heteroatoms. The van der Waals surface area contributed by atoms with Gasteiger partial charge in [0.15, 0.2) is 15.0 Å². The predicted molar refractivity (Wildman–Crippen MR) is 113 cm³/mol. The van der Waals surface area contributed by atoms with Gasteiger partial charge >= 0.3 is 0 Å². The number of hydrogen-bond donors (Lipinski definition) is 1. The summed E-state index contributed by atoms with van der Waals surface area (Å²) in [5, 5.41) is 5.22. The van der Waals surface area contributed by atoms with Crippen LogP contribution in [0.15, 0.2) is 23.6 Å². The van der Waals surface area contributed by atoms with Crippen LogP contribution in [0.1, 0.15) is 24.0 Å². The van der Waals surface area contributed by atoms with Crippen molar-refractivity contribution in [2.45, 2.75) is 32.7 Å². The molecule has 1 aromatic heterocycles. The van der Waals surface area contributed by atoms with E-state index in [1.54, 1.807) is 4.90 Å². The van der Waals surface area contributed by atoms with E-state index in [1.807, 2.05) is 24.4 Å². The first-order chi connectivity index (χ1) is 13.7. The second-order valence-corrected chi connectivity index (χ2v) is 10.9. The van der Waals surface area contributed by atoms with Crippen LogP contribution in [0.2, 0.25) is 0 Å². The van der Waals surface area contributed by atoms with Gasteiger partial charge in [-0.1, -0.05) is 12.1 Å². The minimum atomic E-state index is -3.07. The highest BCUT2D eigenvalue weighted by atomic mass is 32.2. The van der Waals surface area contributed by atoms with Crippen molar-refractivity contribution < 1.29 is 18.0 Å². The minimum absolute atomic E-state index is 0.00111. The maximum Gasteiger partial charge on any atom is 0.231 e. The molecule has 1 N–H and O–H groups in total. The number of sulfone groups is 1. The number of anilines is 1. The van der Waals surface area contributed by atoms with E-state index in [0.717, 1.165) is 11.3 Å². The van der Waals surface area contributed by atoms with Crippen molar-refractivity contribution in [2.24, 2.45) is 5.92 Å². The Bertz CT molecular complexity index is 1080. The summed E-state index contributed by atoms with van der Waals surface area (Å²) in [6.45, 7) is 4.37. The molecule has 0 spiro atoms. The van der Waals surface area contributed by atoms with Crippen molar-refractivity contribution in [2.75, 3.05) is 23.4 Å². The Hall–Kier alpha value is -2.26. The molecular formula is C20H23N3O4S2. The van der Waals surface area contributed by atoms with Crippen molar-refractivity contribution in [3.05, 3.63) is 34.7 Å². The van der Waals surface area contributed by atoms with Gasteiger partial charge in [-0.15, -0.1) is 11.3 Å². The molecule has 2 aliphatic rings. The monoisotopic (exact) mass is 433 g/mol. The molecule has 0 saturated carbocycles. The lowest BCUT2D eigenvalue weighted by Gasteiger charge is -2.22. The van der Waals surface area contributed by atoms with Gasteiger partial charge in [0.25, 0.3) is 0 Å². The molecule has 3 heterocycles. The van der Waals surface area contributed by atoms with Crippen molar-refractivity contribution in [3.63, 3.8) is 0 Å². The molecule has 2 unspecified atom stereocenters. The first-order valence-corrected chi connectivity index (χ1v) is 12.3. The molecule has 2 amide bonds. The number of benzene rings is 1. The van der Waals surface area contributed by atoms with Crippen molar-refractivity contribution in [1.82, 2.24) is 9.88 Å². The van der Waals surface area contributed by atoms with Crippen LogP contribution in [0.3, 0.4) is 0 Å². The van der Waals surface area contributed by atoms with Gasteiger partial charge in [0.1, 0.15) is 0 Å². The second kappa shape index (κ2) is 7.53. The zero-order valence-corrected chi connectivity index (χ0v) is 18.0. The fourth-order valence-corrected chi connectivity index (χ4v) is 6.31. The Balaban J connectivity index is 1.40. The lowest BCUT2D eigenvalue weighted by Crippen LogP contribution is -2.38. The summed E-state index contributed by atoms with van der Waals surface area (Å²) in [6.07, 6.45) is 0.561. The Morgan fingerprint density at radius 3 is 2.76 bits per heavy atom. The number of hydrogen-bond acceptors (Lipinski definition) is 6. The Morgan fingerprint density at radius 2 is 2.07 bits per heavy atom. The van der Waals surface area contributed by atoms with E-state index in [0.29, 0.717) is 11.6 Å². The first kappa shape index (κ1) is 20.0. The topological polar surface area (TPSA) is 96.4 Å². The number of carbonyl (C=O) groups excluding carboxylic acids is 2. The van der Waals surface area contributed by atoms with E-state index < -0.39 is 15.8 Å². The average Bonchev–Trinajstić information content (AvgIpc) is 3.36. The van der Waals surface area contributed by atoms with Gasteiger partial charge in [0, 0.05) is 30.0 Å². The number of likely N-dealkylation sites (tertiary alicyclic amines) is 1. The summed E-state index contributed by atoms with van der Waals surface area (Å²) in [5.74, 6) is -0.776. The van der Waals surface area contributed by atoms with Gasteiger partial charge < -0.3 is 10.2 Å². The molecule has 2 saturated heterocycles. The van der Waals surface area contributed by atoms with Crippen molar-refractivity contribution >= 4 is 38.1 Å². The molecular weight excluding hydrogens is 410 g/mol. The highest BCUT2D eigenvalue weighted by Gasteiger charge is 2.42. The van der Waals surface area contributed by atoms with Crippen LogP contribution in [0.5, 0.6) is 0 Å². The normalized spacial score (nSPS) is 23.5. The molecule has 2 fully saturated rings. The Morgan fingerprint density at radius 1 is 1.28 bits per heavy atom. The third-order valence-corrected chi connectivity index (χ3v) is 8.22. The van der Waals surface area contributed by atoms with Crippen LogP contribution in [-0.4, -0.2) is 54.2 Å². The molecule has 2 aliphatic heterocycles. The zero-order chi connectivity index (χ0) is 20.8. The molecule has 0 radical (unpaired) electrons. The smallest absolute Gasteiger partial charge is 0.231 e. The molecule has 0 aliphatic carbocycles. The molecule has 2 aromatic rings. The van der Waals surface area contributed by atoms with Crippen LogP contribution in [0.4, 0.5) is 5.13 Å². The third kappa shape index (κ3) is 4.20. The van der Waals surface area contributed by atoms with E-state index in [-0.39, 0.29) is 42.3 Å². The van der Waals surface area contributed by atoms with Gasteiger partial charge in [0.05, 0.1) is 23.1 Å². The number of amides is 2. The maximum absolute atomic E-state index is 12.7. The lowest BCUT2D eigenvalue weighted by molar-refractivity contribution is -0.129. The number of aromatic nitrogens is 1. The number of thiazole rings is 1. The highest BCUT2D eigenvalue weighted by Crippen LogP contribution is 2.29. The van der Waals surface area contributed by atoms with Crippen molar-refractivity contribution in [1.29, 1.82) is 0 Å². The fourth-order valence-electron chi connectivity index (χ4n) is 3.85. The van der Waals surface area contributed by atoms with E-state index in [9.17, 15) is 18.0 Å². The van der Waals surface area contributed by atoms with Gasteiger partial charge in [-0.05, 0) is 37.5 Å². The molecule has 2 atom stereocenters. The standard InChI is InChI=1S/C20H23N3O4S2/c1-12-3-4-14(7-13(12)2)17-10-28-20(21-17)22-19(25)15-8-18(24)23(9-15)16-5-6-29(26,27)11-16/h3-4,7,10,15-16H,5-6,8-9,11H2,1-2H3,(H,21,22,25). The van der Waals surface area contributed by atoms with Crippen LogP contribution in [0, 0.1) is 19.8 Å². The number of aryl methyl sites for hydroxylation is 2. The van der Waals surface area contributed by atoms with Gasteiger partial charge in [-0.2, -0.15) is 0 Å². The molecule has 0 bridgehead atoms. The number of nitrogens with one attached hydrogen (secondary N) is 1. The summed E-state index contributed by atoms with van der Waals surface area (Å²) in [5.41, 5.74) is 4.19. The van der Waals surface area contributed by atoms with Gasteiger partial charge in [-0.3, -0.25) is 9.59 Å². The van der Waals surface area contributed by atoms with Crippen molar-refractivity contribution in [3.8, 4) is 11.3 Å². The lowest BCUT2D eigenvalue weighted by atomic mass is 10.1. The molecule has 4 rings (SSSR count). The van der Waals surface area contributed by atoms with E-state index in [2.05, 4.69) is 23.3 Å². The Kier molecular flexibility index (Phi) is 5.20. The van der Waals surface area contributed by atoms with E-state index >= 15 is 0 Å². The molecule has 1 aromatic carbocycles. The maximum atomic E-state index is 12.7. The summed E-state index contributed by atoms with van der Waals surface area (Å²) in [4.78, 5) is 31.0. The van der Waals surface area contributed by atoms with E-state index in [4.69, 9.17) is 0 Å². The summed E-state index contributed by atoms with van der Waals surface area (Å²) in [6, 6.07) is 5.82. The second-order valence-electron chi connectivity index (χ2n) is 7.83. The third-order valence-electron chi connectivity index (χ3n) is 5.72. The molecule has 29 heavy (non-hydrogen) atoms. The SMILES string of the molecule is Cc1ccc(-c2csc(NC(=O)C3CC(=O)N(C4CCS(=O)(=O)C4)C3)n2)cc1C. The fraction of sp³-hybridized carbons (Fsp3) is 0.450. The summed E-state index contributed by atoms with van der Waals surface area (Å²) >= 11 is 1.35. The van der Waals surface area contributed by atoms with Gasteiger partial charge in [-0.25, -0.2) is 13.4 Å². The largest absolute Gasteiger partial charge is 0.338 e. The highest BCUT2D eigenvalue weighted by molar-refractivity contribution is 7.91. The van der Waals surface area contributed by atoms with Crippen LogP contribution in [0.25, 0.3) is 11.3 Å².